The molecule has 0 radical (unpaired) electrons. The Hall–Kier alpha value is -1.38. The van der Waals surface area contributed by atoms with Crippen molar-refractivity contribution < 1.29 is 0 Å². The minimum absolute atomic E-state index is 0.935. The number of nitrogens with zero attached hydrogens (tertiary/aromatic N) is 3. The maximum atomic E-state index is 4.36. The summed E-state index contributed by atoms with van der Waals surface area (Å²) in [5.74, 6) is 0. The quantitative estimate of drug-likeness (QED) is 0.588. The summed E-state index contributed by atoms with van der Waals surface area (Å²) in [6.45, 7) is 6.01. The van der Waals surface area contributed by atoms with Crippen LogP contribution in [0.3, 0.4) is 0 Å². The fourth-order valence-electron chi connectivity index (χ4n) is 1.40. The Bertz CT molecular complexity index is 429. The van der Waals surface area contributed by atoms with Gasteiger partial charge in [-0.2, -0.15) is 5.10 Å². The summed E-state index contributed by atoms with van der Waals surface area (Å²) < 4.78 is 1.86. The van der Waals surface area contributed by atoms with Gasteiger partial charge in [-0.25, -0.2) is 9.50 Å². The Morgan fingerprint density at radius 2 is 1.83 bits per heavy atom. The van der Waals surface area contributed by atoms with E-state index < -0.39 is 0 Å². The van der Waals surface area contributed by atoms with Crippen molar-refractivity contribution in [1.29, 1.82) is 0 Å². The molecule has 0 atom stereocenters. The topological polar surface area (TPSA) is 30.2 Å². The Balaban J connectivity index is 2.88. The number of aromatic nitrogens is 3. The highest BCUT2D eigenvalue weighted by Gasteiger charge is 2.01. The summed E-state index contributed by atoms with van der Waals surface area (Å²) in [6, 6.07) is 4.01. The van der Waals surface area contributed by atoms with Crippen molar-refractivity contribution in [2.75, 3.05) is 0 Å². The molecule has 0 amide bonds. The van der Waals surface area contributed by atoms with Gasteiger partial charge in [0, 0.05) is 17.5 Å². The molecule has 12 heavy (non-hydrogen) atoms. The molecule has 2 heterocycles. The van der Waals surface area contributed by atoms with Crippen LogP contribution in [0.15, 0.2) is 12.1 Å². The van der Waals surface area contributed by atoms with Crippen molar-refractivity contribution in [2.45, 2.75) is 20.8 Å². The molecule has 62 valence electrons. The van der Waals surface area contributed by atoms with E-state index in [-0.39, 0.29) is 0 Å². The fourth-order valence-corrected chi connectivity index (χ4v) is 1.40. The van der Waals surface area contributed by atoms with Crippen LogP contribution in [0.2, 0.25) is 0 Å². The van der Waals surface area contributed by atoms with Crippen molar-refractivity contribution >= 4 is 5.65 Å². The lowest BCUT2D eigenvalue weighted by molar-refractivity contribution is 0.870. The first-order valence-corrected chi connectivity index (χ1v) is 3.97. The lowest BCUT2D eigenvalue weighted by Crippen LogP contribution is -1.96. The Kier molecular flexibility index (Phi) is 1.40. The Morgan fingerprint density at radius 3 is 2.58 bits per heavy atom. The third kappa shape index (κ3) is 0.978. The molecule has 0 aromatic carbocycles. The first kappa shape index (κ1) is 7.28. The van der Waals surface area contributed by atoms with E-state index >= 15 is 0 Å². The molecule has 0 aliphatic carbocycles. The molecule has 3 nitrogen and oxygen atoms in total. The number of hydrogen-bond acceptors (Lipinski definition) is 2. The monoisotopic (exact) mass is 161 g/mol. The molecule has 2 aromatic rings. The van der Waals surface area contributed by atoms with Gasteiger partial charge in [0.25, 0.3) is 0 Å². The Labute approximate surface area is 71.1 Å². The highest BCUT2D eigenvalue weighted by atomic mass is 15.3. The highest BCUT2D eigenvalue weighted by Crippen LogP contribution is 2.07. The van der Waals surface area contributed by atoms with Gasteiger partial charge in [-0.05, 0) is 26.8 Å². The van der Waals surface area contributed by atoms with Crippen LogP contribution in [0.5, 0.6) is 0 Å². The molecule has 0 aliphatic rings. The van der Waals surface area contributed by atoms with Gasteiger partial charge >= 0.3 is 0 Å². The van der Waals surface area contributed by atoms with Gasteiger partial charge in [0.05, 0.1) is 5.69 Å². The SMILES string of the molecule is Cc1cc(C)n2nc(C)cc2n1. The van der Waals surface area contributed by atoms with Crippen molar-refractivity contribution in [3.8, 4) is 0 Å². The molecular formula is C9H11N3. The van der Waals surface area contributed by atoms with Crippen LogP contribution in [0, 0.1) is 20.8 Å². The van der Waals surface area contributed by atoms with Crippen molar-refractivity contribution in [3.63, 3.8) is 0 Å². The first-order chi connectivity index (χ1) is 5.66. The molecule has 3 heteroatoms. The van der Waals surface area contributed by atoms with Gasteiger partial charge in [0.15, 0.2) is 5.65 Å². The van der Waals surface area contributed by atoms with E-state index in [0.717, 1.165) is 22.7 Å². The lowest BCUT2D eigenvalue weighted by atomic mass is 10.3. The van der Waals surface area contributed by atoms with Crippen molar-refractivity contribution in [2.24, 2.45) is 0 Å². The van der Waals surface area contributed by atoms with E-state index in [1.165, 1.54) is 0 Å². The molecule has 0 aliphatic heterocycles. The Morgan fingerprint density at radius 1 is 1.08 bits per heavy atom. The number of aryl methyl sites for hydroxylation is 3. The molecule has 0 unspecified atom stereocenters. The van der Waals surface area contributed by atoms with E-state index in [1.54, 1.807) is 0 Å². The predicted octanol–water partition coefficient (Wildman–Crippen LogP) is 1.65. The summed E-state index contributed by atoms with van der Waals surface area (Å²) >= 11 is 0. The van der Waals surface area contributed by atoms with E-state index in [0.29, 0.717) is 0 Å². The second kappa shape index (κ2) is 2.30. The van der Waals surface area contributed by atoms with Crippen LogP contribution in [-0.4, -0.2) is 14.6 Å². The molecule has 0 fully saturated rings. The first-order valence-electron chi connectivity index (χ1n) is 3.97. The van der Waals surface area contributed by atoms with Gasteiger partial charge in [0.2, 0.25) is 0 Å². The summed E-state index contributed by atoms with van der Waals surface area (Å²) in [7, 11) is 0. The van der Waals surface area contributed by atoms with E-state index in [4.69, 9.17) is 0 Å². The second-order valence-electron chi connectivity index (χ2n) is 3.09. The maximum absolute atomic E-state index is 4.36. The minimum atomic E-state index is 0.935. The van der Waals surface area contributed by atoms with E-state index in [1.807, 2.05) is 37.4 Å². The number of hydrogen-bond donors (Lipinski definition) is 0. The average molecular weight is 161 g/mol. The van der Waals surface area contributed by atoms with Gasteiger partial charge in [0.1, 0.15) is 0 Å². The minimum Gasteiger partial charge on any atom is -0.234 e. The van der Waals surface area contributed by atoms with Crippen LogP contribution in [0.25, 0.3) is 5.65 Å². The zero-order chi connectivity index (χ0) is 8.72. The van der Waals surface area contributed by atoms with Crippen molar-refractivity contribution in [1.82, 2.24) is 14.6 Å². The fraction of sp³-hybridized carbons (Fsp3) is 0.333. The zero-order valence-corrected chi connectivity index (χ0v) is 7.50. The average Bonchev–Trinajstić information content (AvgIpc) is 2.29. The number of fused-ring (bicyclic) bond motifs is 1. The molecular weight excluding hydrogens is 150 g/mol. The van der Waals surface area contributed by atoms with Gasteiger partial charge in [-0.3, -0.25) is 0 Å². The summed E-state index contributed by atoms with van der Waals surface area (Å²) in [4.78, 5) is 4.36. The van der Waals surface area contributed by atoms with Gasteiger partial charge < -0.3 is 0 Å². The molecule has 0 spiro atoms. The third-order valence-electron chi connectivity index (χ3n) is 1.86. The van der Waals surface area contributed by atoms with E-state index in [2.05, 4.69) is 10.1 Å². The van der Waals surface area contributed by atoms with Crippen LogP contribution >= 0.6 is 0 Å². The molecule has 0 saturated heterocycles. The van der Waals surface area contributed by atoms with Crippen LogP contribution in [0.4, 0.5) is 0 Å². The summed E-state index contributed by atoms with van der Waals surface area (Å²) in [6.07, 6.45) is 0. The maximum Gasteiger partial charge on any atom is 0.155 e. The largest absolute Gasteiger partial charge is 0.234 e. The van der Waals surface area contributed by atoms with Gasteiger partial charge in [-0.15, -0.1) is 0 Å². The normalized spacial score (nSPS) is 10.9. The molecule has 0 saturated carbocycles. The second-order valence-corrected chi connectivity index (χ2v) is 3.09. The smallest absolute Gasteiger partial charge is 0.155 e. The standard InChI is InChI=1S/C9H11N3/c1-6-4-8(3)12-9(10-6)5-7(2)11-12/h4-5H,1-3H3. The molecule has 0 N–H and O–H groups in total. The third-order valence-corrected chi connectivity index (χ3v) is 1.86. The molecule has 0 bridgehead atoms. The lowest BCUT2D eigenvalue weighted by Gasteiger charge is -1.98. The number of rotatable bonds is 0. The molecule has 2 rings (SSSR count). The van der Waals surface area contributed by atoms with Crippen LogP contribution in [0.1, 0.15) is 17.1 Å². The molecule has 2 aromatic heterocycles. The van der Waals surface area contributed by atoms with E-state index in [9.17, 15) is 0 Å². The van der Waals surface area contributed by atoms with Gasteiger partial charge in [-0.1, -0.05) is 0 Å². The predicted molar refractivity (Wildman–Crippen MR) is 47.2 cm³/mol. The van der Waals surface area contributed by atoms with Crippen molar-refractivity contribution in [3.05, 3.63) is 29.2 Å². The van der Waals surface area contributed by atoms with Crippen LogP contribution < -0.4 is 0 Å². The zero-order valence-electron chi connectivity index (χ0n) is 7.50. The van der Waals surface area contributed by atoms with Crippen LogP contribution in [-0.2, 0) is 0 Å². The highest BCUT2D eigenvalue weighted by molar-refractivity contribution is 5.40. The summed E-state index contributed by atoms with van der Waals surface area (Å²) in [5.41, 5.74) is 4.12. The summed E-state index contributed by atoms with van der Waals surface area (Å²) in [5, 5.41) is 4.31.